The number of nitrogens with zero attached hydrogens (tertiary/aromatic N) is 2. The number of amides is 1. The normalized spacial score (nSPS) is 12.9. The molecule has 0 aliphatic carbocycles. The maximum atomic E-state index is 12.7. The number of carbonyl (C=O) groups is 1. The molecular formula is C20H30N4O3S. The van der Waals surface area contributed by atoms with Crippen LogP contribution in [-0.4, -0.2) is 36.7 Å². The Morgan fingerprint density at radius 2 is 1.82 bits per heavy atom. The highest BCUT2D eigenvalue weighted by molar-refractivity contribution is 7.89. The van der Waals surface area contributed by atoms with Crippen LogP contribution in [0.25, 0.3) is 0 Å². The van der Waals surface area contributed by atoms with Gasteiger partial charge in [-0.1, -0.05) is 31.5 Å². The summed E-state index contributed by atoms with van der Waals surface area (Å²) >= 11 is 0. The zero-order chi connectivity index (χ0) is 20.7. The molecular weight excluding hydrogens is 376 g/mol. The van der Waals surface area contributed by atoms with Gasteiger partial charge in [0.2, 0.25) is 15.9 Å². The Hall–Kier alpha value is -2.19. The van der Waals surface area contributed by atoms with Crippen LogP contribution in [-0.2, 0) is 21.4 Å². The number of aromatic nitrogens is 2. The summed E-state index contributed by atoms with van der Waals surface area (Å²) in [4.78, 5) is 12.8. The van der Waals surface area contributed by atoms with Crippen molar-refractivity contribution in [3.8, 4) is 0 Å². The minimum atomic E-state index is -3.76. The largest absolute Gasteiger partial charge is 0.355 e. The Balaban J connectivity index is 1.95. The fourth-order valence-corrected chi connectivity index (χ4v) is 4.03. The maximum Gasteiger partial charge on any atom is 0.241 e. The first kappa shape index (κ1) is 22.1. The van der Waals surface area contributed by atoms with Crippen LogP contribution in [0.1, 0.15) is 37.8 Å². The zero-order valence-electron chi connectivity index (χ0n) is 17.0. The third-order valence-electron chi connectivity index (χ3n) is 4.28. The molecule has 1 amide bonds. The minimum absolute atomic E-state index is 0.161. The van der Waals surface area contributed by atoms with Crippen LogP contribution in [0.15, 0.2) is 41.6 Å². The monoisotopic (exact) mass is 406 g/mol. The van der Waals surface area contributed by atoms with Gasteiger partial charge in [0.15, 0.2) is 0 Å². The Labute approximate surface area is 167 Å². The first-order valence-corrected chi connectivity index (χ1v) is 11.0. The van der Waals surface area contributed by atoms with E-state index in [1.165, 1.54) is 0 Å². The lowest BCUT2D eigenvalue weighted by Gasteiger charge is -2.20. The van der Waals surface area contributed by atoms with E-state index < -0.39 is 16.1 Å². The van der Waals surface area contributed by atoms with Crippen LogP contribution in [0.5, 0.6) is 0 Å². The van der Waals surface area contributed by atoms with Gasteiger partial charge in [-0.05, 0) is 50.3 Å². The molecule has 0 saturated carbocycles. The van der Waals surface area contributed by atoms with Gasteiger partial charge in [0.05, 0.1) is 11.1 Å². The predicted octanol–water partition coefficient (Wildman–Crippen LogP) is 2.40. The molecule has 1 unspecified atom stereocenters. The van der Waals surface area contributed by atoms with Crippen molar-refractivity contribution in [3.63, 3.8) is 0 Å². The summed E-state index contributed by atoms with van der Waals surface area (Å²) in [6.45, 7) is 8.93. The fourth-order valence-electron chi connectivity index (χ4n) is 2.82. The quantitative estimate of drug-likeness (QED) is 0.593. The zero-order valence-corrected chi connectivity index (χ0v) is 17.8. The number of benzene rings is 1. The average Bonchev–Trinajstić information content (AvgIpc) is 3.03. The smallest absolute Gasteiger partial charge is 0.241 e. The van der Waals surface area contributed by atoms with E-state index in [1.807, 2.05) is 38.6 Å². The van der Waals surface area contributed by atoms with E-state index in [0.717, 1.165) is 11.1 Å². The third-order valence-corrected chi connectivity index (χ3v) is 5.77. The molecule has 154 valence electrons. The molecule has 28 heavy (non-hydrogen) atoms. The molecule has 2 N–H and O–H groups in total. The topological polar surface area (TPSA) is 93.1 Å². The Bertz CT molecular complexity index is 873. The van der Waals surface area contributed by atoms with Crippen molar-refractivity contribution in [3.05, 3.63) is 47.8 Å². The lowest BCUT2D eigenvalue weighted by atomic mass is 10.0. The number of rotatable bonds is 10. The van der Waals surface area contributed by atoms with Crippen molar-refractivity contribution in [2.45, 2.75) is 58.0 Å². The molecule has 0 radical (unpaired) electrons. The molecule has 2 rings (SSSR count). The molecule has 0 saturated heterocycles. The van der Waals surface area contributed by atoms with Crippen molar-refractivity contribution in [2.24, 2.45) is 5.92 Å². The van der Waals surface area contributed by atoms with Gasteiger partial charge in [-0.15, -0.1) is 0 Å². The number of hydrogen-bond donors (Lipinski definition) is 2. The van der Waals surface area contributed by atoms with Crippen LogP contribution >= 0.6 is 0 Å². The first-order chi connectivity index (χ1) is 13.2. The summed E-state index contributed by atoms with van der Waals surface area (Å²) in [6.07, 6.45) is 4.87. The first-order valence-electron chi connectivity index (χ1n) is 9.53. The number of nitrogens with one attached hydrogen (secondary N) is 2. The van der Waals surface area contributed by atoms with E-state index in [9.17, 15) is 13.2 Å². The van der Waals surface area contributed by atoms with Gasteiger partial charge in [-0.25, -0.2) is 8.42 Å². The van der Waals surface area contributed by atoms with E-state index in [0.29, 0.717) is 25.9 Å². The van der Waals surface area contributed by atoms with Crippen molar-refractivity contribution in [2.75, 3.05) is 6.54 Å². The van der Waals surface area contributed by atoms with Gasteiger partial charge in [0.25, 0.3) is 0 Å². The molecule has 0 fully saturated rings. The highest BCUT2D eigenvalue weighted by Crippen LogP contribution is 2.13. The molecule has 0 aliphatic rings. The van der Waals surface area contributed by atoms with Crippen molar-refractivity contribution in [1.29, 1.82) is 0 Å². The van der Waals surface area contributed by atoms with E-state index in [1.54, 1.807) is 30.5 Å². The van der Waals surface area contributed by atoms with Gasteiger partial charge in [-0.3, -0.25) is 9.48 Å². The van der Waals surface area contributed by atoms with Crippen molar-refractivity contribution >= 4 is 15.9 Å². The summed E-state index contributed by atoms with van der Waals surface area (Å²) in [5.74, 6) is -0.135. The number of aryl methyl sites for hydroxylation is 3. The fraction of sp³-hybridized carbons (Fsp3) is 0.500. The average molecular weight is 407 g/mol. The van der Waals surface area contributed by atoms with Crippen LogP contribution < -0.4 is 10.0 Å². The maximum absolute atomic E-state index is 12.7. The molecule has 1 atom stereocenters. The molecule has 0 aliphatic heterocycles. The lowest BCUT2D eigenvalue weighted by molar-refractivity contribution is -0.123. The van der Waals surface area contributed by atoms with Crippen molar-refractivity contribution < 1.29 is 13.2 Å². The van der Waals surface area contributed by atoms with Gasteiger partial charge in [0, 0.05) is 19.3 Å². The molecule has 0 bridgehead atoms. The van der Waals surface area contributed by atoms with Crippen LogP contribution in [0, 0.1) is 19.8 Å². The molecule has 1 heterocycles. The minimum Gasteiger partial charge on any atom is -0.355 e. The number of sulfonamides is 1. The summed E-state index contributed by atoms with van der Waals surface area (Å²) in [5, 5.41) is 7.05. The van der Waals surface area contributed by atoms with Gasteiger partial charge >= 0.3 is 0 Å². The SMILES string of the molecule is Cc1ccc(S(=O)(=O)NC(CC(C)C)C(=O)NCCCn2cc(C)cn2)cc1. The van der Waals surface area contributed by atoms with Crippen molar-refractivity contribution in [1.82, 2.24) is 19.8 Å². The second kappa shape index (κ2) is 9.84. The Morgan fingerprint density at radius 1 is 1.14 bits per heavy atom. The van der Waals surface area contributed by atoms with Crippen LogP contribution in [0.4, 0.5) is 0 Å². The lowest BCUT2D eigenvalue weighted by Crippen LogP contribution is -2.47. The molecule has 2 aromatic rings. The van der Waals surface area contributed by atoms with E-state index in [4.69, 9.17) is 0 Å². The highest BCUT2D eigenvalue weighted by atomic mass is 32.2. The molecule has 8 heteroatoms. The predicted molar refractivity (Wildman–Crippen MR) is 109 cm³/mol. The summed E-state index contributed by atoms with van der Waals surface area (Å²) in [7, 11) is -3.76. The standard InChI is InChI=1S/C20H30N4O3S/c1-15(2)12-19(23-28(26,27)18-8-6-16(3)7-9-18)20(25)21-10-5-11-24-14-17(4)13-22-24/h6-9,13-15,19,23H,5,10-12H2,1-4H3,(H,21,25). The molecule has 1 aromatic heterocycles. The second-order valence-corrected chi connectivity index (χ2v) is 9.26. The van der Waals surface area contributed by atoms with Gasteiger partial charge < -0.3 is 5.32 Å². The molecule has 7 nitrogen and oxygen atoms in total. The summed E-state index contributed by atoms with van der Waals surface area (Å²) in [5.41, 5.74) is 2.06. The number of carbonyl (C=O) groups excluding carboxylic acids is 1. The van der Waals surface area contributed by atoms with E-state index in [-0.39, 0.29) is 16.7 Å². The summed E-state index contributed by atoms with van der Waals surface area (Å²) in [6, 6.07) is 5.77. The molecule has 1 aromatic carbocycles. The van der Waals surface area contributed by atoms with Gasteiger partial charge in [-0.2, -0.15) is 9.82 Å². The highest BCUT2D eigenvalue weighted by Gasteiger charge is 2.26. The summed E-state index contributed by atoms with van der Waals surface area (Å²) < 4.78 is 29.7. The third kappa shape index (κ3) is 6.76. The van der Waals surface area contributed by atoms with E-state index >= 15 is 0 Å². The van der Waals surface area contributed by atoms with E-state index in [2.05, 4.69) is 15.1 Å². The second-order valence-electron chi connectivity index (χ2n) is 7.54. The Kier molecular flexibility index (Phi) is 7.77. The van der Waals surface area contributed by atoms with Crippen LogP contribution in [0.2, 0.25) is 0 Å². The molecule has 0 spiro atoms. The van der Waals surface area contributed by atoms with Crippen LogP contribution in [0.3, 0.4) is 0 Å². The Morgan fingerprint density at radius 3 is 2.39 bits per heavy atom. The number of hydrogen-bond acceptors (Lipinski definition) is 4. The van der Waals surface area contributed by atoms with Gasteiger partial charge in [0.1, 0.15) is 6.04 Å².